The van der Waals surface area contributed by atoms with Crippen LogP contribution >= 0.6 is 11.5 Å². The largest absolute Gasteiger partial charge is 0.451 e. The molecule has 1 amide bonds. The van der Waals surface area contributed by atoms with E-state index in [0.717, 1.165) is 6.07 Å². The minimum atomic E-state index is -5.05. The molecule has 174 valence electrons. The number of rotatable bonds is 5. The number of hydrogen-bond acceptors (Lipinski definition) is 7. The highest BCUT2D eigenvalue weighted by Gasteiger charge is 2.50. The average molecular weight is 490 g/mol. The number of halogens is 6. The van der Waals surface area contributed by atoms with Crippen molar-refractivity contribution in [3.8, 4) is 17.4 Å². The maximum Gasteiger partial charge on any atom is 0.450 e. The summed E-state index contributed by atoms with van der Waals surface area (Å²) in [5.41, 5.74) is -3.78. The number of furan rings is 1. The quantitative estimate of drug-likeness (QED) is 0.497. The van der Waals surface area contributed by atoms with Crippen molar-refractivity contribution in [2.24, 2.45) is 0 Å². The Hall–Kier alpha value is -3.44. The second-order valence-corrected chi connectivity index (χ2v) is 7.71. The van der Waals surface area contributed by atoms with Crippen molar-refractivity contribution >= 4 is 22.6 Å². The lowest BCUT2D eigenvalue weighted by atomic mass is 10.0. The predicted molar refractivity (Wildman–Crippen MR) is 102 cm³/mol. The van der Waals surface area contributed by atoms with Gasteiger partial charge < -0.3 is 9.52 Å². The van der Waals surface area contributed by atoms with Gasteiger partial charge in [-0.25, -0.2) is 4.98 Å². The lowest BCUT2D eigenvalue weighted by molar-refractivity contribution is -0.252. The van der Waals surface area contributed by atoms with Crippen molar-refractivity contribution in [1.82, 2.24) is 9.36 Å². The molecule has 2 heterocycles. The Morgan fingerprint density at radius 1 is 1.24 bits per heavy atom. The number of nitriles is 1. The maximum absolute atomic E-state index is 13.4. The van der Waals surface area contributed by atoms with E-state index in [0.29, 0.717) is 18.5 Å². The minimum Gasteiger partial charge on any atom is -0.451 e. The number of hydrogen-bond donors (Lipinski definition) is 2. The summed E-state index contributed by atoms with van der Waals surface area (Å²) in [4.78, 5) is 16.1. The molecule has 2 aromatic heterocycles. The standard InChI is InChI=1S/C19H12F6N4O3S/c1-17(31,19(23,24)25)7-13-27-16(33-29-13)28-15(30)11-6-12(32-14(11)18(20,21)22)10-4-2-3-9(5-10)8-26/h2-6,31H,7H2,1H3,(H,27,28,29,30). The van der Waals surface area contributed by atoms with Crippen molar-refractivity contribution in [2.75, 3.05) is 5.32 Å². The molecule has 0 saturated carbocycles. The summed E-state index contributed by atoms with van der Waals surface area (Å²) in [5, 5.41) is 20.1. The van der Waals surface area contributed by atoms with Gasteiger partial charge >= 0.3 is 12.4 Å². The summed E-state index contributed by atoms with van der Waals surface area (Å²) in [7, 11) is 0. The highest BCUT2D eigenvalue weighted by Crippen LogP contribution is 2.38. The Morgan fingerprint density at radius 2 is 1.94 bits per heavy atom. The molecule has 0 radical (unpaired) electrons. The first-order chi connectivity index (χ1) is 15.2. The van der Waals surface area contributed by atoms with Crippen molar-refractivity contribution in [1.29, 1.82) is 5.26 Å². The number of amides is 1. The molecule has 2 N–H and O–H groups in total. The average Bonchev–Trinajstić information content (AvgIpc) is 3.34. The van der Waals surface area contributed by atoms with Crippen LogP contribution in [0.25, 0.3) is 11.3 Å². The van der Waals surface area contributed by atoms with Gasteiger partial charge in [0.05, 0.1) is 17.2 Å². The van der Waals surface area contributed by atoms with Gasteiger partial charge in [0.25, 0.3) is 5.91 Å². The third-order valence-electron chi connectivity index (χ3n) is 4.31. The Balaban J connectivity index is 1.88. The van der Waals surface area contributed by atoms with Crippen molar-refractivity contribution in [3.63, 3.8) is 0 Å². The highest BCUT2D eigenvalue weighted by molar-refractivity contribution is 7.09. The molecule has 33 heavy (non-hydrogen) atoms. The predicted octanol–water partition coefficient (Wildman–Crippen LogP) is 4.80. The molecular formula is C19H12F6N4O3S. The van der Waals surface area contributed by atoms with Crippen LogP contribution in [0.3, 0.4) is 0 Å². The minimum absolute atomic E-state index is 0.117. The normalized spacial score (nSPS) is 13.9. The fraction of sp³-hybridized carbons (Fsp3) is 0.263. The number of aliphatic hydroxyl groups is 1. The van der Waals surface area contributed by atoms with E-state index < -0.39 is 47.4 Å². The third kappa shape index (κ3) is 5.32. The maximum atomic E-state index is 13.4. The summed E-state index contributed by atoms with van der Waals surface area (Å²) in [6.45, 7) is 0.510. The molecule has 3 rings (SSSR count). The van der Waals surface area contributed by atoms with Crippen LogP contribution in [0.1, 0.15) is 34.4 Å². The molecule has 1 unspecified atom stereocenters. The lowest BCUT2D eigenvalue weighted by Gasteiger charge is -2.24. The smallest absolute Gasteiger partial charge is 0.450 e. The molecule has 0 aliphatic carbocycles. The molecule has 1 aromatic carbocycles. The van der Waals surface area contributed by atoms with Gasteiger partial charge in [0.15, 0.2) is 5.60 Å². The van der Waals surface area contributed by atoms with E-state index in [4.69, 9.17) is 9.68 Å². The first-order valence-electron chi connectivity index (χ1n) is 8.86. The monoisotopic (exact) mass is 490 g/mol. The molecule has 0 aliphatic rings. The number of carbonyl (C=O) groups is 1. The lowest BCUT2D eigenvalue weighted by Crippen LogP contribution is -2.44. The fourth-order valence-electron chi connectivity index (χ4n) is 2.60. The molecule has 3 aromatic rings. The number of anilines is 1. The van der Waals surface area contributed by atoms with Crippen LogP contribution < -0.4 is 5.32 Å². The van der Waals surface area contributed by atoms with E-state index in [9.17, 15) is 36.2 Å². The van der Waals surface area contributed by atoms with E-state index in [2.05, 4.69) is 9.36 Å². The fourth-order valence-corrected chi connectivity index (χ4v) is 3.19. The topological polar surface area (TPSA) is 112 Å². The summed E-state index contributed by atoms with van der Waals surface area (Å²) in [6.07, 6.45) is -11.0. The summed E-state index contributed by atoms with van der Waals surface area (Å²) in [6, 6.07) is 8.14. The van der Waals surface area contributed by atoms with Crippen LogP contribution in [0.5, 0.6) is 0 Å². The Bertz CT molecular complexity index is 1220. The summed E-state index contributed by atoms with van der Waals surface area (Å²) >= 11 is 0.426. The van der Waals surface area contributed by atoms with E-state index >= 15 is 0 Å². The number of nitrogens with one attached hydrogen (secondary N) is 1. The molecule has 7 nitrogen and oxygen atoms in total. The van der Waals surface area contributed by atoms with Gasteiger partial charge in [-0.05, 0) is 25.1 Å². The van der Waals surface area contributed by atoms with Crippen molar-refractivity contribution in [2.45, 2.75) is 31.3 Å². The van der Waals surface area contributed by atoms with Crippen LogP contribution in [0.4, 0.5) is 31.5 Å². The Kier molecular flexibility index (Phi) is 6.22. The molecule has 0 aliphatic heterocycles. The molecule has 0 bridgehead atoms. The SMILES string of the molecule is CC(O)(Cc1nsc(NC(=O)c2cc(-c3cccc(C#N)c3)oc2C(F)(F)F)n1)C(F)(F)F. The van der Waals surface area contributed by atoms with Crippen LogP contribution in [0.15, 0.2) is 34.7 Å². The first kappa shape index (κ1) is 24.2. The van der Waals surface area contributed by atoms with Gasteiger partial charge in [-0.2, -0.15) is 36.0 Å². The van der Waals surface area contributed by atoms with Crippen LogP contribution in [0.2, 0.25) is 0 Å². The molecule has 1 atom stereocenters. The van der Waals surface area contributed by atoms with Gasteiger partial charge in [0, 0.05) is 23.5 Å². The van der Waals surface area contributed by atoms with Gasteiger partial charge in [0.2, 0.25) is 10.9 Å². The third-order valence-corrected chi connectivity index (χ3v) is 4.98. The van der Waals surface area contributed by atoms with Crippen molar-refractivity contribution in [3.05, 3.63) is 53.0 Å². The number of nitrogens with zero attached hydrogens (tertiary/aromatic N) is 3. The second kappa shape index (κ2) is 8.49. The second-order valence-electron chi connectivity index (χ2n) is 6.96. The van der Waals surface area contributed by atoms with E-state index in [1.54, 1.807) is 0 Å². The summed E-state index contributed by atoms with van der Waals surface area (Å²) in [5.74, 6) is -3.69. The number of benzene rings is 1. The molecule has 0 fully saturated rings. The highest BCUT2D eigenvalue weighted by atomic mass is 32.1. The number of carbonyl (C=O) groups excluding carboxylic acids is 1. The van der Waals surface area contributed by atoms with Gasteiger partial charge in [-0.15, -0.1) is 0 Å². The number of alkyl halides is 6. The van der Waals surface area contributed by atoms with E-state index in [-0.39, 0.29) is 22.0 Å². The van der Waals surface area contributed by atoms with E-state index in [1.807, 2.05) is 11.4 Å². The molecule has 0 spiro atoms. The zero-order valence-electron chi connectivity index (χ0n) is 16.4. The Labute approximate surface area is 185 Å². The number of aromatic nitrogens is 2. The van der Waals surface area contributed by atoms with Gasteiger partial charge in [0.1, 0.15) is 11.6 Å². The van der Waals surface area contributed by atoms with E-state index in [1.165, 1.54) is 24.3 Å². The molecule has 0 saturated heterocycles. The van der Waals surface area contributed by atoms with Gasteiger partial charge in [-0.3, -0.25) is 10.1 Å². The van der Waals surface area contributed by atoms with Crippen molar-refractivity contribution < 1.29 is 40.7 Å². The van der Waals surface area contributed by atoms with Crippen LogP contribution in [-0.4, -0.2) is 32.1 Å². The zero-order chi connectivity index (χ0) is 24.6. The Morgan fingerprint density at radius 3 is 2.55 bits per heavy atom. The molecular weight excluding hydrogens is 478 g/mol. The molecule has 14 heteroatoms. The first-order valence-corrected chi connectivity index (χ1v) is 9.63. The van der Waals surface area contributed by atoms with Crippen LogP contribution in [0, 0.1) is 11.3 Å². The zero-order valence-corrected chi connectivity index (χ0v) is 17.2. The van der Waals surface area contributed by atoms with Gasteiger partial charge in [-0.1, -0.05) is 12.1 Å². The van der Waals surface area contributed by atoms with Crippen LogP contribution in [-0.2, 0) is 12.6 Å². The summed E-state index contributed by atoms with van der Waals surface area (Å²) < 4.78 is 87.1.